The molecule has 0 amide bonds. The van der Waals surface area contributed by atoms with Gasteiger partial charge < -0.3 is 4.74 Å². The van der Waals surface area contributed by atoms with Crippen molar-refractivity contribution >= 4 is 17.5 Å². The Kier molecular flexibility index (Phi) is 4.24. The van der Waals surface area contributed by atoms with Crippen molar-refractivity contribution in [3.05, 3.63) is 29.6 Å². The van der Waals surface area contributed by atoms with Gasteiger partial charge in [0.2, 0.25) is 0 Å². The summed E-state index contributed by atoms with van der Waals surface area (Å²) in [6.45, 7) is 0.860. The summed E-state index contributed by atoms with van der Waals surface area (Å²) in [6.07, 6.45) is 0. The van der Waals surface area contributed by atoms with Crippen LogP contribution in [0.5, 0.6) is 5.75 Å². The number of carbonyl (C=O) groups is 1. The van der Waals surface area contributed by atoms with Crippen molar-refractivity contribution in [3.8, 4) is 5.75 Å². The normalized spacial score (nSPS) is 20.7. The zero-order valence-corrected chi connectivity index (χ0v) is 11.3. The molecule has 1 fully saturated rings. The number of rotatable bonds is 3. The maximum atomic E-state index is 13.8. The summed E-state index contributed by atoms with van der Waals surface area (Å²) in [4.78, 5) is 14.3. The second-order valence-electron chi connectivity index (χ2n) is 4.28. The molecule has 1 aromatic rings. The first-order chi connectivity index (χ1) is 8.63. The number of benzene rings is 1. The van der Waals surface area contributed by atoms with Crippen LogP contribution < -0.4 is 4.74 Å². The molecule has 0 N–H and O–H groups in total. The third kappa shape index (κ3) is 2.67. The maximum absolute atomic E-state index is 13.8. The molecule has 1 saturated heterocycles. The molecule has 0 aliphatic carbocycles. The van der Waals surface area contributed by atoms with Gasteiger partial charge in [-0.05, 0) is 19.2 Å². The largest absolute Gasteiger partial charge is 0.497 e. The Morgan fingerprint density at radius 1 is 1.56 bits per heavy atom. The topological polar surface area (TPSA) is 29.5 Å². The van der Waals surface area contributed by atoms with E-state index in [9.17, 15) is 9.18 Å². The average molecular weight is 269 g/mol. The standard InChI is InChI=1S/C13H16FNO2S/c1-15-5-6-18-8-12(15)13(16)10-4-3-9(17-2)7-11(10)14/h3-4,7,12H,5-6,8H2,1-2H3. The number of methoxy groups -OCH3 is 1. The fourth-order valence-corrected chi connectivity index (χ4v) is 3.18. The number of ketones is 1. The van der Waals surface area contributed by atoms with Crippen molar-refractivity contribution in [2.75, 3.05) is 32.2 Å². The molecule has 0 bridgehead atoms. The number of Topliss-reactive ketones (excluding diaryl/α,β-unsaturated/α-hetero) is 1. The van der Waals surface area contributed by atoms with Crippen LogP contribution in [-0.4, -0.2) is 48.9 Å². The van der Waals surface area contributed by atoms with Gasteiger partial charge in [0.15, 0.2) is 5.78 Å². The number of ether oxygens (including phenoxy) is 1. The summed E-state index contributed by atoms with van der Waals surface area (Å²) in [7, 11) is 3.38. The minimum Gasteiger partial charge on any atom is -0.497 e. The van der Waals surface area contributed by atoms with Crippen LogP contribution in [0.2, 0.25) is 0 Å². The van der Waals surface area contributed by atoms with Gasteiger partial charge in [-0.15, -0.1) is 0 Å². The lowest BCUT2D eigenvalue weighted by Gasteiger charge is -2.30. The van der Waals surface area contributed by atoms with Gasteiger partial charge >= 0.3 is 0 Å². The van der Waals surface area contributed by atoms with Crippen LogP contribution >= 0.6 is 11.8 Å². The Hall–Kier alpha value is -1.07. The van der Waals surface area contributed by atoms with Crippen molar-refractivity contribution < 1.29 is 13.9 Å². The van der Waals surface area contributed by atoms with E-state index in [1.807, 2.05) is 11.9 Å². The average Bonchev–Trinajstić information content (AvgIpc) is 2.38. The minimum atomic E-state index is -0.511. The van der Waals surface area contributed by atoms with Crippen LogP contribution in [0.3, 0.4) is 0 Å². The lowest BCUT2D eigenvalue weighted by atomic mass is 10.0. The fourth-order valence-electron chi connectivity index (χ4n) is 1.96. The van der Waals surface area contributed by atoms with Crippen LogP contribution in [0.25, 0.3) is 0 Å². The highest BCUT2D eigenvalue weighted by Gasteiger charge is 2.28. The van der Waals surface area contributed by atoms with Crippen molar-refractivity contribution in [2.45, 2.75) is 6.04 Å². The van der Waals surface area contributed by atoms with E-state index in [0.29, 0.717) is 5.75 Å². The molecular weight excluding hydrogens is 253 g/mol. The lowest BCUT2D eigenvalue weighted by Crippen LogP contribution is -2.45. The van der Waals surface area contributed by atoms with Crippen molar-refractivity contribution in [3.63, 3.8) is 0 Å². The second-order valence-corrected chi connectivity index (χ2v) is 5.43. The smallest absolute Gasteiger partial charge is 0.183 e. The summed E-state index contributed by atoms with van der Waals surface area (Å²) < 4.78 is 18.8. The zero-order chi connectivity index (χ0) is 13.1. The number of hydrogen-bond donors (Lipinski definition) is 0. The molecule has 1 aromatic carbocycles. The highest BCUT2D eigenvalue weighted by molar-refractivity contribution is 7.99. The molecule has 1 aliphatic heterocycles. The third-order valence-electron chi connectivity index (χ3n) is 3.14. The number of carbonyl (C=O) groups excluding carboxylic acids is 1. The predicted octanol–water partition coefficient (Wildman–Crippen LogP) is 2.06. The Balaban J connectivity index is 2.22. The molecule has 1 aliphatic rings. The van der Waals surface area contributed by atoms with Gasteiger partial charge in [0.1, 0.15) is 11.6 Å². The van der Waals surface area contributed by atoms with Crippen LogP contribution in [0.1, 0.15) is 10.4 Å². The van der Waals surface area contributed by atoms with E-state index in [1.165, 1.54) is 19.2 Å². The Labute approximate surface area is 110 Å². The molecule has 5 heteroatoms. The zero-order valence-electron chi connectivity index (χ0n) is 10.5. The summed E-state index contributed by atoms with van der Waals surface area (Å²) in [5, 5.41) is 0. The molecule has 0 aromatic heterocycles. The SMILES string of the molecule is COc1ccc(C(=O)C2CSCCN2C)c(F)c1. The summed E-state index contributed by atoms with van der Waals surface area (Å²) in [5.74, 6) is 1.51. The molecule has 18 heavy (non-hydrogen) atoms. The van der Waals surface area contributed by atoms with E-state index in [4.69, 9.17) is 4.74 Å². The molecular formula is C13H16FNO2S. The number of hydrogen-bond acceptors (Lipinski definition) is 4. The quantitative estimate of drug-likeness (QED) is 0.786. The van der Waals surface area contributed by atoms with Gasteiger partial charge in [-0.2, -0.15) is 11.8 Å². The Morgan fingerprint density at radius 2 is 2.33 bits per heavy atom. The van der Waals surface area contributed by atoms with Gasteiger partial charge in [0.05, 0.1) is 18.7 Å². The van der Waals surface area contributed by atoms with E-state index >= 15 is 0 Å². The van der Waals surface area contributed by atoms with Gasteiger partial charge in [0.25, 0.3) is 0 Å². The first-order valence-corrected chi connectivity index (χ1v) is 6.94. The van der Waals surface area contributed by atoms with E-state index in [1.54, 1.807) is 17.8 Å². The number of thioether (sulfide) groups is 1. The van der Waals surface area contributed by atoms with Gasteiger partial charge in [0, 0.05) is 24.1 Å². The maximum Gasteiger partial charge on any atom is 0.183 e. The summed E-state index contributed by atoms with van der Waals surface area (Å²) in [5.41, 5.74) is 0.148. The van der Waals surface area contributed by atoms with Crippen LogP contribution in [0, 0.1) is 5.82 Å². The minimum absolute atomic E-state index is 0.148. The van der Waals surface area contributed by atoms with Crippen LogP contribution in [-0.2, 0) is 0 Å². The monoisotopic (exact) mass is 269 g/mol. The number of halogens is 1. The van der Waals surface area contributed by atoms with Crippen LogP contribution in [0.15, 0.2) is 18.2 Å². The van der Waals surface area contributed by atoms with Crippen LogP contribution in [0.4, 0.5) is 4.39 Å². The Bertz CT molecular complexity index is 453. The van der Waals surface area contributed by atoms with E-state index in [0.717, 1.165) is 18.1 Å². The lowest BCUT2D eigenvalue weighted by molar-refractivity contribution is 0.0870. The first-order valence-electron chi connectivity index (χ1n) is 5.79. The molecule has 1 atom stereocenters. The highest BCUT2D eigenvalue weighted by Crippen LogP contribution is 2.22. The van der Waals surface area contributed by atoms with Crippen molar-refractivity contribution in [1.29, 1.82) is 0 Å². The first kappa shape index (κ1) is 13.4. The van der Waals surface area contributed by atoms with Gasteiger partial charge in [-0.1, -0.05) is 0 Å². The molecule has 0 spiro atoms. The number of nitrogens with zero attached hydrogens (tertiary/aromatic N) is 1. The van der Waals surface area contributed by atoms with E-state index in [-0.39, 0.29) is 17.4 Å². The molecule has 98 valence electrons. The summed E-state index contributed by atoms with van der Waals surface area (Å²) >= 11 is 1.73. The van der Waals surface area contributed by atoms with E-state index < -0.39 is 5.82 Å². The predicted molar refractivity (Wildman–Crippen MR) is 71.0 cm³/mol. The summed E-state index contributed by atoms with van der Waals surface area (Å²) in [6, 6.07) is 4.14. The van der Waals surface area contributed by atoms with E-state index in [2.05, 4.69) is 0 Å². The molecule has 1 heterocycles. The Morgan fingerprint density at radius 3 is 2.94 bits per heavy atom. The van der Waals surface area contributed by atoms with Crippen molar-refractivity contribution in [2.24, 2.45) is 0 Å². The fraction of sp³-hybridized carbons (Fsp3) is 0.462. The van der Waals surface area contributed by atoms with Gasteiger partial charge in [-0.3, -0.25) is 9.69 Å². The molecule has 0 radical (unpaired) electrons. The second kappa shape index (κ2) is 5.71. The molecule has 1 unspecified atom stereocenters. The van der Waals surface area contributed by atoms with Crippen molar-refractivity contribution in [1.82, 2.24) is 4.90 Å². The molecule has 2 rings (SSSR count). The molecule has 0 saturated carbocycles. The van der Waals surface area contributed by atoms with Gasteiger partial charge in [-0.25, -0.2) is 4.39 Å². The molecule has 3 nitrogen and oxygen atoms in total. The highest BCUT2D eigenvalue weighted by atomic mass is 32.2. The third-order valence-corrected chi connectivity index (χ3v) is 4.16. The number of likely N-dealkylation sites (N-methyl/N-ethyl adjacent to an activating group) is 1.